The van der Waals surface area contributed by atoms with E-state index in [1.165, 1.54) is 0 Å². The third kappa shape index (κ3) is 3.24. The van der Waals surface area contributed by atoms with E-state index in [4.69, 9.17) is 0 Å². The first kappa shape index (κ1) is 13.3. The zero-order valence-corrected chi connectivity index (χ0v) is 9.80. The molecule has 0 radical (unpaired) electrons. The number of rotatable bonds is 7. The minimum atomic E-state index is -0.425. The Kier molecular flexibility index (Phi) is 5.66. The van der Waals surface area contributed by atoms with Crippen LogP contribution < -0.4 is 0 Å². The van der Waals surface area contributed by atoms with Gasteiger partial charge in [0.2, 0.25) is 0 Å². The molecule has 0 aliphatic rings. The van der Waals surface area contributed by atoms with Crippen molar-refractivity contribution in [1.29, 1.82) is 0 Å². The van der Waals surface area contributed by atoms with Crippen molar-refractivity contribution >= 4 is 12.1 Å². The summed E-state index contributed by atoms with van der Waals surface area (Å²) in [5.74, 6) is 0.320. The van der Waals surface area contributed by atoms with Crippen LogP contribution in [-0.4, -0.2) is 12.1 Å². The van der Waals surface area contributed by atoms with Gasteiger partial charge in [0.05, 0.1) is 0 Å². The predicted octanol–water partition coefficient (Wildman–Crippen LogP) is 3.00. The molecule has 2 heteroatoms. The van der Waals surface area contributed by atoms with Crippen LogP contribution in [0.1, 0.15) is 53.4 Å². The quantitative estimate of drug-likeness (QED) is 0.589. The Balaban J connectivity index is 4.62. The van der Waals surface area contributed by atoms with Gasteiger partial charge in [-0.25, -0.2) is 0 Å². The van der Waals surface area contributed by atoms with Crippen LogP contribution in [0.2, 0.25) is 0 Å². The van der Waals surface area contributed by atoms with Gasteiger partial charge < -0.3 is 4.79 Å². The van der Waals surface area contributed by atoms with Crippen LogP contribution in [-0.2, 0) is 9.59 Å². The summed E-state index contributed by atoms with van der Waals surface area (Å²) in [5.41, 5.74) is -0.425. The van der Waals surface area contributed by atoms with Gasteiger partial charge >= 0.3 is 0 Å². The molecule has 0 N–H and O–H groups in total. The standard InChI is InChI=1S/C12H22O2/c1-5-7-12(4,8-9-13)11(14)10(3)6-2/h9-10H,5-8H2,1-4H3. The van der Waals surface area contributed by atoms with Crippen LogP contribution in [0, 0.1) is 11.3 Å². The van der Waals surface area contributed by atoms with Crippen LogP contribution in [0.4, 0.5) is 0 Å². The molecule has 0 fully saturated rings. The van der Waals surface area contributed by atoms with Crippen molar-refractivity contribution in [2.24, 2.45) is 11.3 Å². The highest BCUT2D eigenvalue weighted by Crippen LogP contribution is 2.31. The molecule has 0 aromatic heterocycles. The van der Waals surface area contributed by atoms with E-state index in [0.29, 0.717) is 6.42 Å². The fourth-order valence-electron chi connectivity index (χ4n) is 1.84. The summed E-state index contributed by atoms with van der Waals surface area (Å²) in [5, 5.41) is 0. The predicted molar refractivity (Wildman–Crippen MR) is 58.2 cm³/mol. The Morgan fingerprint density at radius 3 is 2.36 bits per heavy atom. The van der Waals surface area contributed by atoms with Crippen LogP contribution >= 0.6 is 0 Å². The number of hydrogen-bond donors (Lipinski definition) is 0. The van der Waals surface area contributed by atoms with Crippen molar-refractivity contribution in [3.05, 3.63) is 0 Å². The summed E-state index contributed by atoms with van der Waals surface area (Å²) < 4.78 is 0. The zero-order valence-electron chi connectivity index (χ0n) is 9.80. The molecule has 0 aromatic rings. The number of hydrogen-bond acceptors (Lipinski definition) is 2. The first-order valence-electron chi connectivity index (χ1n) is 5.49. The molecule has 0 aromatic carbocycles. The smallest absolute Gasteiger partial charge is 0.141 e. The minimum absolute atomic E-state index is 0.0755. The molecule has 0 spiro atoms. The summed E-state index contributed by atoms with van der Waals surface area (Å²) in [6.45, 7) is 7.92. The molecule has 0 bridgehead atoms. The first-order chi connectivity index (χ1) is 6.51. The van der Waals surface area contributed by atoms with Gasteiger partial charge in [-0.05, 0) is 12.8 Å². The lowest BCUT2D eigenvalue weighted by atomic mass is 9.74. The molecule has 2 nitrogen and oxygen atoms in total. The van der Waals surface area contributed by atoms with E-state index < -0.39 is 5.41 Å². The van der Waals surface area contributed by atoms with Crippen molar-refractivity contribution < 1.29 is 9.59 Å². The number of carbonyl (C=O) groups is 2. The molecule has 0 saturated heterocycles. The van der Waals surface area contributed by atoms with E-state index in [1.54, 1.807) is 0 Å². The van der Waals surface area contributed by atoms with Crippen LogP contribution in [0.3, 0.4) is 0 Å². The molecular formula is C12H22O2. The lowest BCUT2D eigenvalue weighted by Crippen LogP contribution is -2.32. The lowest BCUT2D eigenvalue weighted by Gasteiger charge is -2.28. The number of ketones is 1. The minimum Gasteiger partial charge on any atom is -0.303 e. The van der Waals surface area contributed by atoms with Crippen molar-refractivity contribution in [2.45, 2.75) is 53.4 Å². The summed E-state index contributed by atoms with van der Waals surface area (Å²) in [7, 11) is 0. The van der Waals surface area contributed by atoms with Gasteiger partial charge in [-0.15, -0.1) is 0 Å². The average molecular weight is 198 g/mol. The van der Waals surface area contributed by atoms with E-state index in [0.717, 1.165) is 25.5 Å². The van der Waals surface area contributed by atoms with Gasteiger partial charge in [-0.1, -0.05) is 34.1 Å². The molecule has 2 unspecified atom stereocenters. The second kappa shape index (κ2) is 5.94. The summed E-state index contributed by atoms with van der Waals surface area (Å²) in [6, 6.07) is 0. The number of Topliss-reactive ketones (excluding diaryl/α,β-unsaturated/α-hetero) is 1. The van der Waals surface area contributed by atoms with E-state index in [1.807, 2.05) is 27.7 Å². The van der Waals surface area contributed by atoms with E-state index in [9.17, 15) is 9.59 Å². The third-order valence-electron chi connectivity index (χ3n) is 2.99. The second-order valence-corrected chi connectivity index (χ2v) is 4.35. The molecule has 0 amide bonds. The number of aldehydes is 1. The molecule has 0 rings (SSSR count). The maximum Gasteiger partial charge on any atom is 0.141 e. The van der Waals surface area contributed by atoms with E-state index in [-0.39, 0.29) is 11.7 Å². The van der Waals surface area contributed by atoms with Gasteiger partial charge in [0.1, 0.15) is 12.1 Å². The molecule has 2 atom stereocenters. The van der Waals surface area contributed by atoms with Crippen molar-refractivity contribution in [3.63, 3.8) is 0 Å². The Bertz CT molecular complexity index is 198. The lowest BCUT2D eigenvalue weighted by molar-refractivity contribution is -0.134. The van der Waals surface area contributed by atoms with Crippen LogP contribution in [0.25, 0.3) is 0 Å². The van der Waals surface area contributed by atoms with Crippen LogP contribution in [0.5, 0.6) is 0 Å². The molecule has 14 heavy (non-hydrogen) atoms. The molecular weight excluding hydrogens is 176 g/mol. The average Bonchev–Trinajstić information content (AvgIpc) is 2.16. The summed E-state index contributed by atoms with van der Waals surface area (Å²) in [4.78, 5) is 22.6. The first-order valence-corrected chi connectivity index (χ1v) is 5.49. The van der Waals surface area contributed by atoms with Gasteiger partial charge in [-0.2, -0.15) is 0 Å². The van der Waals surface area contributed by atoms with E-state index >= 15 is 0 Å². The van der Waals surface area contributed by atoms with Gasteiger partial charge in [0, 0.05) is 17.8 Å². The Hall–Kier alpha value is -0.660. The van der Waals surface area contributed by atoms with Crippen molar-refractivity contribution in [2.75, 3.05) is 0 Å². The van der Waals surface area contributed by atoms with Crippen molar-refractivity contribution in [3.8, 4) is 0 Å². The maximum atomic E-state index is 12.0. The molecule has 0 aliphatic heterocycles. The fourth-order valence-corrected chi connectivity index (χ4v) is 1.84. The topological polar surface area (TPSA) is 34.1 Å². The Labute approximate surface area is 87.1 Å². The fraction of sp³-hybridized carbons (Fsp3) is 0.833. The normalized spacial score (nSPS) is 17.1. The highest BCUT2D eigenvalue weighted by Gasteiger charge is 2.33. The Morgan fingerprint density at radius 2 is 2.00 bits per heavy atom. The zero-order chi connectivity index (χ0) is 11.2. The summed E-state index contributed by atoms with van der Waals surface area (Å²) >= 11 is 0. The molecule has 82 valence electrons. The third-order valence-corrected chi connectivity index (χ3v) is 2.99. The largest absolute Gasteiger partial charge is 0.303 e. The van der Waals surface area contributed by atoms with Gasteiger partial charge in [0.15, 0.2) is 0 Å². The summed E-state index contributed by atoms with van der Waals surface area (Å²) in [6.07, 6.45) is 3.86. The molecule has 0 heterocycles. The van der Waals surface area contributed by atoms with E-state index in [2.05, 4.69) is 0 Å². The van der Waals surface area contributed by atoms with Gasteiger partial charge in [0.25, 0.3) is 0 Å². The molecule has 0 aliphatic carbocycles. The Morgan fingerprint density at radius 1 is 1.43 bits per heavy atom. The monoisotopic (exact) mass is 198 g/mol. The highest BCUT2D eigenvalue weighted by molar-refractivity contribution is 5.88. The van der Waals surface area contributed by atoms with Crippen LogP contribution in [0.15, 0.2) is 0 Å². The SMILES string of the molecule is CCCC(C)(CC=O)C(=O)C(C)CC. The maximum absolute atomic E-state index is 12.0. The van der Waals surface area contributed by atoms with Crippen molar-refractivity contribution in [1.82, 2.24) is 0 Å². The highest BCUT2D eigenvalue weighted by atomic mass is 16.1. The number of carbonyl (C=O) groups excluding carboxylic acids is 2. The molecule has 0 saturated carbocycles. The van der Waals surface area contributed by atoms with Gasteiger partial charge in [-0.3, -0.25) is 4.79 Å². The second-order valence-electron chi connectivity index (χ2n) is 4.35.